The standard InChI is InChI=1S/C24H22F3N5O2S/c25-24(26,27)17-6-7-20(28-12-17)32-11-10-30(15-22(32)34)14-21(33)31-9-8-18-19(13-31)35-23(29-18)16-4-2-1-3-5-16/h1-7,12H,8-11,13-15H2. The van der Waals surface area contributed by atoms with Crippen molar-refractivity contribution in [1.82, 2.24) is 19.8 Å². The highest BCUT2D eigenvalue weighted by Gasteiger charge is 2.33. The third-order valence-corrected chi connectivity index (χ3v) is 7.25. The van der Waals surface area contributed by atoms with Crippen molar-refractivity contribution in [2.75, 3.05) is 37.6 Å². The van der Waals surface area contributed by atoms with E-state index in [0.717, 1.165) is 33.4 Å². The molecule has 4 heterocycles. The van der Waals surface area contributed by atoms with E-state index in [-0.39, 0.29) is 37.3 Å². The maximum atomic E-state index is 13.0. The average Bonchev–Trinajstić information content (AvgIpc) is 3.28. The van der Waals surface area contributed by atoms with Crippen LogP contribution in [0.15, 0.2) is 48.7 Å². The second-order valence-corrected chi connectivity index (χ2v) is 9.56. The van der Waals surface area contributed by atoms with Crippen LogP contribution in [0.5, 0.6) is 0 Å². The topological polar surface area (TPSA) is 69.6 Å². The molecule has 1 fully saturated rings. The predicted octanol–water partition coefficient (Wildman–Crippen LogP) is 3.46. The molecule has 1 saturated heterocycles. The van der Waals surface area contributed by atoms with Gasteiger partial charge in [-0.2, -0.15) is 13.2 Å². The quantitative estimate of drug-likeness (QED) is 0.548. The number of benzene rings is 1. The highest BCUT2D eigenvalue weighted by Crippen LogP contribution is 2.32. The van der Waals surface area contributed by atoms with Gasteiger partial charge < -0.3 is 4.90 Å². The maximum Gasteiger partial charge on any atom is 0.417 e. The predicted molar refractivity (Wildman–Crippen MR) is 125 cm³/mol. The molecule has 2 amide bonds. The first-order valence-corrected chi connectivity index (χ1v) is 12.0. The Labute approximate surface area is 203 Å². The van der Waals surface area contributed by atoms with Crippen LogP contribution in [0.25, 0.3) is 10.6 Å². The summed E-state index contributed by atoms with van der Waals surface area (Å²) in [4.78, 5) is 40.2. The Hall–Kier alpha value is -3.31. The molecule has 0 N–H and O–H groups in total. The van der Waals surface area contributed by atoms with Crippen LogP contribution in [0.2, 0.25) is 0 Å². The van der Waals surface area contributed by atoms with Gasteiger partial charge in [-0.1, -0.05) is 30.3 Å². The number of thiazole rings is 1. The number of hydrogen-bond acceptors (Lipinski definition) is 6. The van der Waals surface area contributed by atoms with Crippen molar-refractivity contribution in [2.24, 2.45) is 0 Å². The summed E-state index contributed by atoms with van der Waals surface area (Å²) in [6, 6.07) is 12.1. The highest BCUT2D eigenvalue weighted by molar-refractivity contribution is 7.15. The van der Waals surface area contributed by atoms with Crippen LogP contribution in [-0.4, -0.2) is 64.3 Å². The van der Waals surface area contributed by atoms with Crippen LogP contribution < -0.4 is 4.90 Å². The van der Waals surface area contributed by atoms with E-state index in [9.17, 15) is 22.8 Å². The van der Waals surface area contributed by atoms with Crippen LogP contribution in [0.3, 0.4) is 0 Å². The van der Waals surface area contributed by atoms with Crippen molar-refractivity contribution in [1.29, 1.82) is 0 Å². The Kier molecular flexibility index (Phi) is 6.28. The summed E-state index contributed by atoms with van der Waals surface area (Å²) < 4.78 is 38.3. The van der Waals surface area contributed by atoms with Crippen molar-refractivity contribution < 1.29 is 22.8 Å². The van der Waals surface area contributed by atoms with E-state index in [4.69, 9.17) is 4.98 Å². The molecule has 0 spiro atoms. The van der Waals surface area contributed by atoms with Crippen LogP contribution in [0, 0.1) is 0 Å². The average molecular weight is 502 g/mol. The van der Waals surface area contributed by atoms with Gasteiger partial charge in [-0.05, 0) is 12.1 Å². The van der Waals surface area contributed by atoms with Gasteiger partial charge in [0.15, 0.2) is 0 Å². The molecule has 0 saturated carbocycles. The molecule has 7 nitrogen and oxygen atoms in total. The molecular formula is C24H22F3N5O2S. The fourth-order valence-corrected chi connectivity index (χ4v) is 5.35. The number of anilines is 1. The van der Waals surface area contributed by atoms with E-state index in [0.29, 0.717) is 26.1 Å². The molecule has 182 valence electrons. The first-order chi connectivity index (χ1) is 16.8. The molecule has 11 heteroatoms. The van der Waals surface area contributed by atoms with Crippen molar-refractivity contribution in [2.45, 2.75) is 19.1 Å². The fourth-order valence-electron chi connectivity index (χ4n) is 4.22. The second kappa shape index (κ2) is 9.38. The third kappa shape index (κ3) is 5.06. The van der Waals surface area contributed by atoms with E-state index in [1.165, 1.54) is 11.0 Å². The molecule has 2 aromatic heterocycles. The molecule has 0 aliphatic carbocycles. The second-order valence-electron chi connectivity index (χ2n) is 8.48. The number of hydrogen-bond donors (Lipinski definition) is 0. The summed E-state index contributed by atoms with van der Waals surface area (Å²) in [7, 11) is 0. The highest BCUT2D eigenvalue weighted by atomic mass is 32.1. The lowest BCUT2D eigenvalue weighted by Crippen LogP contribution is -2.53. The lowest BCUT2D eigenvalue weighted by atomic mass is 10.1. The number of nitrogens with zero attached hydrogens (tertiary/aromatic N) is 5. The Bertz CT molecular complexity index is 1230. The van der Waals surface area contributed by atoms with E-state index in [1.807, 2.05) is 30.3 Å². The van der Waals surface area contributed by atoms with E-state index in [1.54, 1.807) is 21.1 Å². The largest absolute Gasteiger partial charge is 0.417 e. The maximum absolute atomic E-state index is 13.0. The summed E-state index contributed by atoms with van der Waals surface area (Å²) >= 11 is 1.60. The number of amides is 2. The van der Waals surface area contributed by atoms with Crippen LogP contribution >= 0.6 is 11.3 Å². The summed E-state index contributed by atoms with van der Waals surface area (Å²) in [5, 5.41) is 0.948. The number of carbonyl (C=O) groups is 2. The fraction of sp³-hybridized carbons (Fsp3) is 0.333. The Balaban J connectivity index is 1.17. The first kappa shape index (κ1) is 23.4. The van der Waals surface area contributed by atoms with Crippen LogP contribution in [-0.2, 0) is 28.7 Å². The summed E-state index contributed by atoms with van der Waals surface area (Å²) in [5.41, 5.74) is 1.23. The number of carbonyl (C=O) groups excluding carboxylic acids is 2. The lowest BCUT2D eigenvalue weighted by Gasteiger charge is -2.35. The van der Waals surface area contributed by atoms with E-state index in [2.05, 4.69) is 4.98 Å². The van der Waals surface area contributed by atoms with Gasteiger partial charge >= 0.3 is 6.18 Å². The minimum atomic E-state index is -4.48. The lowest BCUT2D eigenvalue weighted by molar-refractivity contribution is -0.138. The summed E-state index contributed by atoms with van der Waals surface area (Å²) in [6.45, 7) is 1.88. The Morgan fingerprint density at radius 1 is 1.03 bits per heavy atom. The van der Waals surface area contributed by atoms with Crippen molar-refractivity contribution in [3.8, 4) is 10.6 Å². The van der Waals surface area contributed by atoms with Gasteiger partial charge in [-0.15, -0.1) is 11.3 Å². The molecular weight excluding hydrogens is 479 g/mol. The Morgan fingerprint density at radius 3 is 2.51 bits per heavy atom. The number of halogens is 3. The number of fused-ring (bicyclic) bond motifs is 1. The van der Waals surface area contributed by atoms with E-state index >= 15 is 0 Å². The molecule has 3 aromatic rings. The molecule has 1 aromatic carbocycles. The number of aromatic nitrogens is 2. The van der Waals surface area contributed by atoms with Crippen LogP contribution in [0.1, 0.15) is 16.1 Å². The van der Waals surface area contributed by atoms with Gasteiger partial charge in [-0.3, -0.25) is 19.4 Å². The number of rotatable bonds is 4. The van der Waals surface area contributed by atoms with Crippen LogP contribution in [0.4, 0.5) is 19.0 Å². The van der Waals surface area contributed by atoms with Gasteiger partial charge in [-0.25, -0.2) is 9.97 Å². The molecule has 5 rings (SSSR count). The molecule has 0 atom stereocenters. The number of pyridine rings is 1. The summed E-state index contributed by atoms with van der Waals surface area (Å²) in [5.74, 6) is -0.177. The minimum absolute atomic E-state index is 0.00620. The van der Waals surface area contributed by atoms with Gasteiger partial charge in [0, 0.05) is 42.7 Å². The zero-order valence-corrected chi connectivity index (χ0v) is 19.5. The SMILES string of the molecule is O=C(CN1CCN(c2ccc(C(F)(F)F)cn2)C(=O)C1)N1CCc2nc(-c3ccccc3)sc2C1. The zero-order valence-electron chi connectivity index (χ0n) is 18.7. The Morgan fingerprint density at radius 2 is 1.83 bits per heavy atom. The number of piperazine rings is 1. The van der Waals surface area contributed by atoms with Crippen molar-refractivity contribution >= 4 is 29.0 Å². The third-order valence-electron chi connectivity index (χ3n) is 6.12. The molecule has 35 heavy (non-hydrogen) atoms. The minimum Gasteiger partial charge on any atom is -0.336 e. The van der Waals surface area contributed by atoms with E-state index < -0.39 is 11.7 Å². The monoisotopic (exact) mass is 501 g/mol. The van der Waals surface area contributed by atoms with Gasteiger partial charge in [0.25, 0.3) is 0 Å². The van der Waals surface area contributed by atoms with Crippen molar-refractivity contribution in [3.63, 3.8) is 0 Å². The smallest absolute Gasteiger partial charge is 0.336 e. The molecule has 0 bridgehead atoms. The first-order valence-electron chi connectivity index (χ1n) is 11.2. The molecule has 2 aliphatic heterocycles. The summed E-state index contributed by atoms with van der Waals surface area (Å²) in [6.07, 6.45) is -3.06. The number of alkyl halides is 3. The normalized spacial score (nSPS) is 16.9. The zero-order chi connectivity index (χ0) is 24.6. The van der Waals surface area contributed by atoms with Gasteiger partial charge in [0.2, 0.25) is 11.8 Å². The molecule has 0 radical (unpaired) electrons. The van der Waals surface area contributed by atoms with Gasteiger partial charge in [0.1, 0.15) is 10.8 Å². The molecule has 2 aliphatic rings. The van der Waals surface area contributed by atoms with Gasteiger partial charge in [0.05, 0.1) is 30.9 Å². The molecule has 0 unspecified atom stereocenters. The van der Waals surface area contributed by atoms with Crippen molar-refractivity contribution in [3.05, 3.63) is 64.8 Å².